The van der Waals surface area contributed by atoms with Crippen LogP contribution in [0.15, 0.2) is 36.4 Å². The van der Waals surface area contributed by atoms with Gasteiger partial charge in [0.25, 0.3) is 0 Å². The number of halogens is 2. The molecule has 0 aliphatic rings. The number of benzene rings is 2. The van der Waals surface area contributed by atoms with Crippen LogP contribution in [-0.4, -0.2) is 5.78 Å². The first-order valence-electron chi connectivity index (χ1n) is 5.72. The van der Waals surface area contributed by atoms with Crippen LogP contribution < -0.4 is 4.74 Å². The zero-order valence-electron chi connectivity index (χ0n) is 10.5. The van der Waals surface area contributed by atoms with Gasteiger partial charge in [0.2, 0.25) is 0 Å². The highest BCUT2D eigenvalue weighted by Gasteiger charge is 2.13. The van der Waals surface area contributed by atoms with Gasteiger partial charge in [-0.25, -0.2) is 8.78 Å². The third-order valence-corrected chi connectivity index (χ3v) is 2.68. The summed E-state index contributed by atoms with van der Waals surface area (Å²) in [5, 5.41) is 0. The topological polar surface area (TPSA) is 26.3 Å². The van der Waals surface area contributed by atoms with Crippen LogP contribution in [0.1, 0.15) is 22.8 Å². The van der Waals surface area contributed by atoms with Crippen molar-refractivity contribution < 1.29 is 18.3 Å². The van der Waals surface area contributed by atoms with Crippen LogP contribution in [0.5, 0.6) is 11.5 Å². The molecule has 4 heteroatoms. The first-order chi connectivity index (χ1) is 8.97. The number of rotatable bonds is 3. The minimum atomic E-state index is -0.461. The Morgan fingerprint density at radius 2 is 1.74 bits per heavy atom. The maximum absolute atomic E-state index is 13.5. The molecule has 2 aromatic carbocycles. The molecule has 0 heterocycles. The van der Waals surface area contributed by atoms with E-state index >= 15 is 0 Å². The lowest BCUT2D eigenvalue weighted by Crippen LogP contribution is -2.00. The number of hydrogen-bond acceptors (Lipinski definition) is 2. The SMILES string of the molecule is CC(=O)c1cc(F)c(C)cc1Oc1ccc(F)cc1. The van der Waals surface area contributed by atoms with E-state index < -0.39 is 5.82 Å². The Hall–Kier alpha value is -2.23. The molecule has 0 spiro atoms. The Kier molecular flexibility index (Phi) is 3.60. The third-order valence-electron chi connectivity index (χ3n) is 2.68. The first kappa shape index (κ1) is 13.2. The number of hydrogen-bond donors (Lipinski definition) is 0. The summed E-state index contributed by atoms with van der Waals surface area (Å²) in [6.45, 7) is 2.92. The van der Waals surface area contributed by atoms with Crippen LogP contribution in [0.4, 0.5) is 8.78 Å². The average molecular weight is 262 g/mol. The number of Topliss-reactive ketones (excluding diaryl/α,β-unsaturated/α-hetero) is 1. The number of ketones is 1. The molecule has 0 fully saturated rings. The molecule has 0 saturated carbocycles. The molecule has 0 bridgehead atoms. The second-order valence-electron chi connectivity index (χ2n) is 4.21. The molecule has 2 aromatic rings. The van der Waals surface area contributed by atoms with Crippen molar-refractivity contribution in [2.24, 2.45) is 0 Å². The van der Waals surface area contributed by atoms with E-state index in [2.05, 4.69) is 0 Å². The monoisotopic (exact) mass is 262 g/mol. The van der Waals surface area contributed by atoms with Gasteiger partial charge in [0.05, 0.1) is 5.56 Å². The molecule has 0 radical (unpaired) electrons. The fourth-order valence-corrected chi connectivity index (χ4v) is 1.64. The molecule has 0 saturated heterocycles. The lowest BCUT2D eigenvalue weighted by atomic mass is 10.1. The van der Waals surface area contributed by atoms with Crippen molar-refractivity contribution in [3.63, 3.8) is 0 Å². The second kappa shape index (κ2) is 5.18. The summed E-state index contributed by atoms with van der Waals surface area (Å²) < 4.78 is 31.8. The zero-order valence-corrected chi connectivity index (χ0v) is 10.5. The fourth-order valence-electron chi connectivity index (χ4n) is 1.64. The predicted octanol–water partition coefficient (Wildman–Crippen LogP) is 4.27. The second-order valence-corrected chi connectivity index (χ2v) is 4.21. The maximum atomic E-state index is 13.5. The quantitative estimate of drug-likeness (QED) is 0.772. The molecule has 19 heavy (non-hydrogen) atoms. The Morgan fingerprint density at radius 1 is 1.11 bits per heavy atom. The van der Waals surface area contributed by atoms with Crippen LogP contribution >= 0.6 is 0 Å². The van der Waals surface area contributed by atoms with Crippen molar-refractivity contribution >= 4 is 5.78 Å². The lowest BCUT2D eigenvalue weighted by Gasteiger charge is -2.11. The average Bonchev–Trinajstić information content (AvgIpc) is 2.36. The molecule has 2 rings (SSSR count). The smallest absolute Gasteiger partial charge is 0.163 e. The van der Waals surface area contributed by atoms with E-state index in [4.69, 9.17) is 4.74 Å². The summed E-state index contributed by atoms with van der Waals surface area (Å²) >= 11 is 0. The summed E-state index contributed by atoms with van der Waals surface area (Å²) in [7, 11) is 0. The Morgan fingerprint density at radius 3 is 2.32 bits per heavy atom. The molecule has 98 valence electrons. The normalized spacial score (nSPS) is 10.3. The standard InChI is InChI=1S/C15H12F2O2/c1-9-7-15(13(10(2)18)8-14(9)17)19-12-5-3-11(16)4-6-12/h3-8H,1-2H3. The molecule has 0 aliphatic carbocycles. The number of carbonyl (C=O) groups excluding carboxylic acids is 1. The highest BCUT2D eigenvalue weighted by Crippen LogP contribution is 2.28. The van der Waals surface area contributed by atoms with Gasteiger partial charge in [-0.2, -0.15) is 0 Å². The van der Waals surface area contributed by atoms with Gasteiger partial charge in [0, 0.05) is 0 Å². The van der Waals surface area contributed by atoms with Gasteiger partial charge in [-0.3, -0.25) is 4.79 Å². The Bertz CT molecular complexity index is 619. The largest absolute Gasteiger partial charge is 0.457 e. The number of aryl methyl sites for hydroxylation is 1. The van der Waals surface area contributed by atoms with Crippen LogP contribution in [-0.2, 0) is 0 Å². The molecular formula is C15H12F2O2. The molecule has 0 unspecified atom stereocenters. The van der Waals surface area contributed by atoms with Crippen molar-refractivity contribution in [1.82, 2.24) is 0 Å². The molecule has 0 aromatic heterocycles. The van der Waals surface area contributed by atoms with Gasteiger partial charge in [0.1, 0.15) is 23.1 Å². The van der Waals surface area contributed by atoms with E-state index in [1.165, 1.54) is 37.3 Å². The van der Waals surface area contributed by atoms with Gasteiger partial charge in [0.15, 0.2) is 5.78 Å². The van der Waals surface area contributed by atoms with Gasteiger partial charge in [-0.1, -0.05) is 0 Å². The van der Waals surface area contributed by atoms with Crippen LogP contribution in [0.2, 0.25) is 0 Å². The van der Waals surface area contributed by atoms with E-state index in [-0.39, 0.29) is 22.9 Å². The number of carbonyl (C=O) groups is 1. The van der Waals surface area contributed by atoms with E-state index in [0.717, 1.165) is 6.07 Å². The molecule has 0 amide bonds. The fraction of sp³-hybridized carbons (Fsp3) is 0.133. The first-order valence-corrected chi connectivity index (χ1v) is 5.72. The van der Waals surface area contributed by atoms with Crippen molar-refractivity contribution in [3.05, 3.63) is 59.2 Å². The van der Waals surface area contributed by atoms with E-state index in [0.29, 0.717) is 11.3 Å². The highest BCUT2D eigenvalue weighted by molar-refractivity contribution is 5.97. The van der Waals surface area contributed by atoms with Crippen molar-refractivity contribution in [1.29, 1.82) is 0 Å². The van der Waals surface area contributed by atoms with Crippen LogP contribution in [0, 0.1) is 18.6 Å². The molecule has 0 atom stereocenters. The molecule has 0 aliphatic heterocycles. The van der Waals surface area contributed by atoms with E-state index in [1.54, 1.807) is 6.92 Å². The summed E-state index contributed by atoms with van der Waals surface area (Å²) in [4.78, 5) is 11.5. The Labute approximate surface area is 109 Å². The van der Waals surface area contributed by atoms with Crippen molar-refractivity contribution in [2.75, 3.05) is 0 Å². The summed E-state index contributed by atoms with van der Waals surface area (Å²) in [6, 6.07) is 7.99. The van der Waals surface area contributed by atoms with Crippen LogP contribution in [0.25, 0.3) is 0 Å². The van der Waals surface area contributed by atoms with E-state index in [9.17, 15) is 13.6 Å². The van der Waals surface area contributed by atoms with Gasteiger partial charge < -0.3 is 4.74 Å². The molecule has 0 N–H and O–H groups in total. The summed E-state index contributed by atoms with van der Waals surface area (Å²) in [5.74, 6) is -0.491. The maximum Gasteiger partial charge on any atom is 0.163 e. The Balaban J connectivity index is 2.41. The van der Waals surface area contributed by atoms with Crippen molar-refractivity contribution in [3.8, 4) is 11.5 Å². The minimum Gasteiger partial charge on any atom is -0.457 e. The van der Waals surface area contributed by atoms with Gasteiger partial charge >= 0.3 is 0 Å². The number of ether oxygens (including phenoxy) is 1. The third kappa shape index (κ3) is 2.96. The lowest BCUT2D eigenvalue weighted by molar-refractivity contribution is 0.101. The van der Waals surface area contributed by atoms with Crippen molar-refractivity contribution in [2.45, 2.75) is 13.8 Å². The van der Waals surface area contributed by atoms with Gasteiger partial charge in [-0.15, -0.1) is 0 Å². The summed E-state index contributed by atoms with van der Waals surface area (Å²) in [5.41, 5.74) is 0.537. The minimum absolute atomic E-state index is 0.160. The molecule has 2 nitrogen and oxygen atoms in total. The van der Waals surface area contributed by atoms with E-state index in [1.807, 2.05) is 0 Å². The summed E-state index contributed by atoms with van der Waals surface area (Å²) in [6.07, 6.45) is 0. The zero-order chi connectivity index (χ0) is 14.0. The van der Waals surface area contributed by atoms with Crippen LogP contribution in [0.3, 0.4) is 0 Å². The van der Waals surface area contributed by atoms with Gasteiger partial charge in [-0.05, 0) is 55.8 Å². The highest BCUT2D eigenvalue weighted by atomic mass is 19.1. The molecular weight excluding hydrogens is 250 g/mol. The predicted molar refractivity (Wildman–Crippen MR) is 67.6 cm³/mol.